The van der Waals surface area contributed by atoms with Gasteiger partial charge in [0, 0.05) is 23.1 Å². The van der Waals surface area contributed by atoms with Gasteiger partial charge in [0.1, 0.15) is 5.75 Å². The maximum absolute atomic E-state index is 12.7. The largest absolute Gasteiger partial charge is 0.493 e. The maximum atomic E-state index is 12.7. The normalized spacial score (nSPS) is 17.4. The van der Waals surface area contributed by atoms with Crippen molar-refractivity contribution in [2.75, 3.05) is 6.61 Å². The van der Waals surface area contributed by atoms with Crippen LogP contribution in [0.1, 0.15) is 76.0 Å². The highest BCUT2D eigenvalue weighted by Gasteiger charge is 2.38. The standard InChI is InChI=1S/C25H26O4/c26-23(14-13-22-24(27)20-11-4-5-12-21(20)25(22)28)18-9-6-10-19(15-18)29-16-17-7-2-1-3-8-17/h4-6,9-12,15,17,22H,1-3,7-8,13-14,16H2. The molecule has 1 saturated carbocycles. The van der Waals surface area contributed by atoms with E-state index in [-0.39, 0.29) is 30.2 Å². The highest BCUT2D eigenvalue weighted by molar-refractivity contribution is 6.26. The Morgan fingerprint density at radius 2 is 1.59 bits per heavy atom. The van der Waals surface area contributed by atoms with E-state index in [4.69, 9.17) is 4.74 Å². The van der Waals surface area contributed by atoms with E-state index >= 15 is 0 Å². The summed E-state index contributed by atoms with van der Waals surface area (Å²) in [6, 6.07) is 14.1. The highest BCUT2D eigenvalue weighted by atomic mass is 16.5. The molecule has 4 heteroatoms. The van der Waals surface area contributed by atoms with Gasteiger partial charge in [-0.3, -0.25) is 14.4 Å². The van der Waals surface area contributed by atoms with Crippen LogP contribution in [-0.2, 0) is 0 Å². The maximum Gasteiger partial charge on any atom is 0.174 e. The Balaban J connectivity index is 1.34. The van der Waals surface area contributed by atoms with Crippen LogP contribution in [0.25, 0.3) is 0 Å². The van der Waals surface area contributed by atoms with Gasteiger partial charge in [0.15, 0.2) is 17.3 Å². The van der Waals surface area contributed by atoms with Crippen molar-refractivity contribution < 1.29 is 19.1 Å². The molecule has 0 bridgehead atoms. The smallest absolute Gasteiger partial charge is 0.174 e. The zero-order chi connectivity index (χ0) is 20.2. The predicted octanol–water partition coefficient (Wildman–Crippen LogP) is 5.30. The van der Waals surface area contributed by atoms with Gasteiger partial charge >= 0.3 is 0 Å². The van der Waals surface area contributed by atoms with Crippen LogP contribution in [0.15, 0.2) is 48.5 Å². The second-order valence-corrected chi connectivity index (χ2v) is 8.13. The van der Waals surface area contributed by atoms with Gasteiger partial charge in [0.25, 0.3) is 0 Å². The van der Waals surface area contributed by atoms with Crippen LogP contribution in [0.2, 0.25) is 0 Å². The second-order valence-electron chi connectivity index (χ2n) is 8.13. The van der Waals surface area contributed by atoms with Crippen molar-refractivity contribution in [1.82, 2.24) is 0 Å². The van der Waals surface area contributed by atoms with E-state index in [1.807, 2.05) is 12.1 Å². The molecular weight excluding hydrogens is 364 g/mol. The number of ketones is 3. The van der Waals surface area contributed by atoms with E-state index in [0.29, 0.717) is 35.0 Å². The van der Waals surface area contributed by atoms with Crippen molar-refractivity contribution in [3.05, 3.63) is 65.2 Å². The van der Waals surface area contributed by atoms with Gasteiger partial charge in [-0.25, -0.2) is 0 Å². The Hall–Kier alpha value is -2.75. The van der Waals surface area contributed by atoms with Gasteiger partial charge in [-0.15, -0.1) is 0 Å². The molecular formula is C25H26O4. The van der Waals surface area contributed by atoms with Crippen molar-refractivity contribution in [3.8, 4) is 5.75 Å². The van der Waals surface area contributed by atoms with Crippen LogP contribution in [0, 0.1) is 11.8 Å². The molecule has 0 atom stereocenters. The first-order chi connectivity index (χ1) is 14.1. The number of rotatable bonds is 7. The van der Waals surface area contributed by atoms with Crippen molar-refractivity contribution >= 4 is 17.3 Å². The van der Waals surface area contributed by atoms with E-state index in [2.05, 4.69) is 0 Å². The van der Waals surface area contributed by atoms with Gasteiger partial charge in [-0.05, 0) is 37.3 Å². The van der Waals surface area contributed by atoms with E-state index < -0.39 is 5.92 Å². The minimum Gasteiger partial charge on any atom is -0.493 e. The predicted molar refractivity (Wildman–Crippen MR) is 111 cm³/mol. The third-order valence-corrected chi connectivity index (χ3v) is 6.12. The third-order valence-electron chi connectivity index (χ3n) is 6.12. The van der Waals surface area contributed by atoms with E-state index in [1.54, 1.807) is 36.4 Å². The summed E-state index contributed by atoms with van der Waals surface area (Å²) >= 11 is 0. The second kappa shape index (κ2) is 8.73. The van der Waals surface area contributed by atoms with Crippen LogP contribution < -0.4 is 4.74 Å². The first kappa shape index (κ1) is 19.6. The molecule has 4 nitrogen and oxygen atoms in total. The van der Waals surface area contributed by atoms with Crippen molar-refractivity contribution in [2.24, 2.45) is 11.8 Å². The summed E-state index contributed by atoms with van der Waals surface area (Å²) in [7, 11) is 0. The van der Waals surface area contributed by atoms with Gasteiger partial charge < -0.3 is 4.74 Å². The van der Waals surface area contributed by atoms with Crippen LogP contribution in [0.4, 0.5) is 0 Å². The van der Waals surface area contributed by atoms with E-state index in [1.165, 1.54) is 32.1 Å². The number of benzene rings is 2. The minimum atomic E-state index is -0.734. The van der Waals surface area contributed by atoms with Gasteiger partial charge in [-0.2, -0.15) is 0 Å². The SMILES string of the molecule is O=C(CCC1C(=O)c2ccccc2C1=O)c1cccc(OCC2CCCCC2)c1. The molecule has 2 aromatic carbocycles. The Labute approximate surface area is 171 Å². The van der Waals surface area contributed by atoms with Crippen LogP contribution in [0.3, 0.4) is 0 Å². The van der Waals surface area contributed by atoms with Gasteiger partial charge in [-0.1, -0.05) is 55.7 Å². The summed E-state index contributed by atoms with van der Waals surface area (Å²) in [6.45, 7) is 0.695. The molecule has 0 amide bonds. The zero-order valence-electron chi connectivity index (χ0n) is 16.6. The fourth-order valence-corrected chi connectivity index (χ4v) is 4.42. The lowest BCUT2D eigenvalue weighted by atomic mass is 9.90. The summed E-state index contributed by atoms with van der Waals surface area (Å²) < 4.78 is 5.93. The Bertz CT molecular complexity index is 889. The molecule has 2 aliphatic rings. The summed E-state index contributed by atoms with van der Waals surface area (Å²) in [4.78, 5) is 37.7. The summed E-state index contributed by atoms with van der Waals surface area (Å²) in [5.41, 5.74) is 1.53. The molecule has 2 aliphatic carbocycles. The zero-order valence-corrected chi connectivity index (χ0v) is 16.6. The average Bonchev–Trinajstić information content (AvgIpc) is 3.01. The Kier molecular flexibility index (Phi) is 5.89. The van der Waals surface area contributed by atoms with Crippen LogP contribution in [-0.4, -0.2) is 24.0 Å². The topological polar surface area (TPSA) is 60.4 Å². The number of Topliss-reactive ketones (excluding diaryl/α,β-unsaturated/α-hetero) is 3. The minimum absolute atomic E-state index is 0.0651. The molecule has 29 heavy (non-hydrogen) atoms. The molecule has 0 radical (unpaired) electrons. The molecule has 1 fully saturated rings. The Morgan fingerprint density at radius 1 is 0.897 bits per heavy atom. The number of hydrogen-bond acceptors (Lipinski definition) is 4. The number of carbonyl (C=O) groups is 3. The quantitative estimate of drug-likeness (QED) is 0.475. The van der Waals surface area contributed by atoms with Crippen molar-refractivity contribution in [2.45, 2.75) is 44.9 Å². The molecule has 0 N–H and O–H groups in total. The van der Waals surface area contributed by atoms with Gasteiger partial charge in [0.05, 0.1) is 12.5 Å². The van der Waals surface area contributed by atoms with Gasteiger partial charge in [0.2, 0.25) is 0 Å². The first-order valence-corrected chi connectivity index (χ1v) is 10.6. The number of fused-ring (bicyclic) bond motifs is 1. The van der Waals surface area contributed by atoms with E-state index in [9.17, 15) is 14.4 Å². The average molecular weight is 390 g/mol. The molecule has 0 aliphatic heterocycles. The summed E-state index contributed by atoms with van der Waals surface area (Å²) in [6.07, 6.45) is 6.71. The third kappa shape index (κ3) is 4.31. The number of carbonyl (C=O) groups excluding carboxylic acids is 3. The molecule has 0 unspecified atom stereocenters. The lowest BCUT2D eigenvalue weighted by molar-refractivity contribution is 0.0823. The molecule has 4 rings (SSSR count). The first-order valence-electron chi connectivity index (χ1n) is 10.6. The monoisotopic (exact) mass is 390 g/mol. The van der Waals surface area contributed by atoms with Crippen molar-refractivity contribution in [1.29, 1.82) is 0 Å². The fourth-order valence-electron chi connectivity index (χ4n) is 4.42. The summed E-state index contributed by atoms with van der Waals surface area (Å²) in [5, 5.41) is 0. The van der Waals surface area contributed by atoms with Crippen LogP contribution >= 0.6 is 0 Å². The lowest BCUT2D eigenvalue weighted by Gasteiger charge is -2.21. The molecule has 0 saturated heterocycles. The molecule has 150 valence electrons. The number of ether oxygens (including phenoxy) is 1. The number of hydrogen-bond donors (Lipinski definition) is 0. The summed E-state index contributed by atoms with van der Waals surface area (Å²) in [5.74, 6) is 0.184. The lowest BCUT2D eigenvalue weighted by Crippen LogP contribution is -2.17. The molecule has 0 heterocycles. The molecule has 2 aromatic rings. The molecule has 0 spiro atoms. The van der Waals surface area contributed by atoms with Crippen LogP contribution in [0.5, 0.6) is 5.75 Å². The van der Waals surface area contributed by atoms with E-state index in [0.717, 1.165) is 0 Å². The highest BCUT2D eigenvalue weighted by Crippen LogP contribution is 2.30. The molecule has 0 aromatic heterocycles. The van der Waals surface area contributed by atoms with Crippen molar-refractivity contribution in [3.63, 3.8) is 0 Å². The fraction of sp³-hybridized carbons (Fsp3) is 0.400. The Morgan fingerprint density at radius 3 is 2.28 bits per heavy atom.